The molecule has 0 saturated heterocycles. The molecule has 0 aromatic heterocycles. The molecular formula is C22H32ClNO. The van der Waals surface area contributed by atoms with Crippen LogP contribution >= 0.6 is 12.4 Å². The van der Waals surface area contributed by atoms with Crippen molar-refractivity contribution in [3.8, 4) is 5.75 Å². The highest BCUT2D eigenvalue weighted by molar-refractivity contribution is 5.85. The summed E-state index contributed by atoms with van der Waals surface area (Å²) < 4.78 is 6.03. The second-order valence-electron chi connectivity index (χ2n) is 7.69. The molecule has 1 aromatic carbocycles. The molecule has 3 heteroatoms. The smallest absolute Gasteiger partial charge is 0.119 e. The van der Waals surface area contributed by atoms with Gasteiger partial charge in [-0.15, -0.1) is 12.4 Å². The molecule has 2 nitrogen and oxygen atoms in total. The minimum Gasteiger partial charge on any atom is -0.493 e. The lowest BCUT2D eigenvalue weighted by Crippen LogP contribution is -2.32. The fourth-order valence-electron chi connectivity index (χ4n) is 3.96. The summed E-state index contributed by atoms with van der Waals surface area (Å²) >= 11 is 0. The van der Waals surface area contributed by atoms with Crippen LogP contribution in [0, 0.1) is 11.3 Å². The summed E-state index contributed by atoms with van der Waals surface area (Å²) in [5.41, 5.74) is 1.72. The van der Waals surface area contributed by atoms with Crippen LogP contribution in [0.25, 0.3) is 0 Å². The van der Waals surface area contributed by atoms with Crippen LogP contribution in [0.2, 0.25) is 0 Å². The largest absolute Gasteiger partial charge is 0.493 e. The van der Waals surface area contributed by atoms with Gasteiger partial charge in [-0.2, -0.15) is 0 Å². The molecule has 1 saturated carbocycles. The minimum atomic E-state index is 0. The zero-order valence-electron chi connectivity index (χ0n) is 15.5. The van der Waals surface area contributed by atoms with Gasteiger partial charge in [0.1, 0.15) is 5.75 Å². The molecule has 0 heterocycles. The average Bonchev–Trinajstić information content (AvgIpc) is 3.07. The Morgan fingerprint density at radius 2 is 1.96 bits per heavy atom. The van der Waals surface area contributed by atoms with Crippen molar-refractivity contribution in [3.05, 3.63) is 54.1 Å². The lowest BCUT2D eigenvalue weighted by atomic mass is 9.79. The Morgan fingerprint density at radius 1 is 1.16 bits per heavy atom. The number of benzene rings is 1. The highest BCUT2D eigenvalue weighted by atomic mass is 35.5. The summed E-state index contributed by atoms with van der Waals surface area (Å²) in [5, 5.41) is 3.42. The molecule has 0 radical (unpaired) electrons. The van der Waals surface area contributed by atoms with Crippen LogP contribution in [-0.4, -0.2) is 19.7 Å². The number of hydrogen-bond acceptors (Lipinski definition) is 2. The predicted octanol–water partition coefficient (Wildman–Crippen LogP) is 5.33. The van der Waals surface area contributed by atoms with E-state index in [-0.39, 0.29) is 12.4 Å². The topological polar surface area (TPSA) is 21.3 Å². The van der Waals surface area contributed by atoms with Crippen LogP contribution in [-0.2, 0) is 6.42 Å². The number of halogens is 1. The SMILES string of the molecule is CNC1CCCC1COc1ccc(CCC2(C)C=CC=CC2)cc1.Cl. The first-order valence-corrected chi connectivity index (χ1v) is 9.42. The third kappa shape index (κ3) is 5.62. The van der Waals surface area contributed by atoms with Crippen LogP contribution in [0.4, 0.5) is 0 Å². The average molecular weight is 362 g/mol. The maximum atomic E-state index is 6.03. The molecule has 1 aromatic rings. The third-order valence-electron chi connectivity index (χ3n) is 5.73. The summed E-state index contributed by atoms with van der Waals surface area (Å²) in [6, 6.07) is 9.36. The molecule has 1 fully saturated rings. The van der Waals surface area contributed by atoms with Crippen LogP contribution < -0.4 is 10.1 Å². The first-order valence-electron chi connectivity index (χ1n) is 9.42. The van der Waals surface area contributed by atoms with E-state index in [9.17, 15) is 0 Å². The van der Waals surface area contributed by atoms with Crippen molar-refractivity contribution in [3.63, 3.8) is 0 Å². The molecule has 3 atom stereocenters. The third-order valence-corrected chi connectivity index (χ3v) is 5.73. The van der Waals surface area contributed by atoms with Crippen LogP contribution in [0.3, 0.4) is 0 Å². The van der Waals surface area contributed by atoms with Crippen molar-refractivity contribution >= 4 is 12.4 Å². The second kappa shape index (κ2) is 9.45. The monoisotopic (exact) mass is 361 g/mol. The lowest BCUT2D eigenvalue weighted by molar-refractivity contribution is 0.229. The second-order valence-corrected chi connectivity index (χ2v) is 7.69. The lowest BCUT2D eigenvalue weighted by Gasteiger charge is -2.26. The van der Waals surface area contributed by atoms with E-state index in [0.717, 1.165) is 25.2 Å². The first-order chi connectivity index (χ1) is 11.7. The number of hydrogen-bond donors (Lipinski definition) is 1. The van der Waals surface area contributed by atoms with Crippen molar-refractivity contribution in [2.75, 3.05) is 13.7 Å². The molecular weight excluding hydrogens is 330 g/mol. The van der Waals surface area contributed by atoms with E-state index in [2.05, 4.69) is 67.9 Å². The fourth-order valence-corrected chi connectivity index (χ4v) is 3.96. The molecule has 0 amide bonds. The Morgan fingerprint density at radius 3 is 2.64 bits per heavy atom. The summed E-state index contributed by atoms with van der Waals surface area (Å²) in [5.74, 6) is 1.66. The highest BCUT2D eigenvalue weighted by Gasteiger charge is 2.26. The summed E-state index contributed by atoms with van der Waals surface area (Å²) in [4.78, 5) is 0. The summed E-state index contributed by atoms with van der Waals surface area (Å²) in [7, 11) is 2.07. The van der Waals surface area contributed by atoms with Gasteiger partial charge in [-0.3, -0.25) is 0 Å². The van der Waals surface area contributed by atoms with Crippen LogP contribution in [0.5, 0.6) is 5.75 Å². The first kappa shape index (κ1) is 20.1. The number of ether oxygens (including phenoxy) is 1. The van der Waals surface area contributed by atoms with Crippen molar-refractivity contribution in [1.82, 2.24) is 5.32 Å². The van der Waals surface area contributed by atoms with Gasteiger partial charge in [0.25, 0.3) is 0 Å². The van der Waals surface area contributed by atoms with Gasteiger partial charge >= 0.3 is 0 Å². The molecule has 0 aliphatic heterocycles. The van der Waals surface area contributed by atoms with E-state index in [1.165, 1.54) is 31.2 Å². The number of rotatable bonds is 7. The van der Waals surface area contributed by atoms with Gasteiger partial charge in [-0.05, 0) is 62.3 Å². The Bertz CT molecular complexity index is 580. The zero-order valence-corrected chi connectivity index (χ0v) is 16.4. The predicted molar refractivity (Wildman–Crippen MR) is 109 cm³/mol. The minimum absolute atomic E-state index is 0. The van der Waals surface area contributed by atoms with Gasteiger partial charge in [0.05, 0.1) is 6.61 Å². The Hall–Kier alpha value is -1.25. The summed E-state index contributed by atoms with van der Waals surface area (Å²) in [6.45, 7) is 3.18. The van der Waals surface area contributed by atoms with E-state index >= 15 is 0 Å². The van der Waals surface area contributed by atoms with Crippen molar-refractivity contribution in [1.29, 1.82) is 0 Å². The van der Waals surface area contributed by atoms with Crippen LogP contribution in [0.1, 0.15) is 44.6 Å². The van der Waals surface area contributed by atoms with Crippen molar-refractivity contribution in [2.45, 2.75) is 51.5 Å². The van der Waals surface area contributed by atoms with Gasteiger partial charge in [0.15, 0.2) is 0 Å². The molecule has 3 unspecified atom stereocenters. The van der Waals surface area contributed by atoms with Gasteiger partial charge < -0.3 is 10.1 Å². The maximum absolute atomic E-state index is 6.03. The maximum Gasteiger partial charge on any atom is 0.119 e. The van der Waals surface area contributed by atoms with E-state index in [1.54, 1.807) is 0 Å². The molecule has 2 aliphatic rings. The number of nitrogens with one attached hydrogen (secondary N) is 1. The Labute approximate surface area is 159 Å². The Kier molecular flexibility index (Phi) is 7.58. The Balaban J connectivity index is 0.00000225. The summed E-state index contributed by atoms with van der Waals surface area (Å²) in [6.07, 6.45) is 16.3. The van der Waals surface area contributed by atoms with E-state index in [1.807, 2.05) is 0 Å². The zero-order chi connectivity index (χ0) is 16.8. The molecule has 0 spiro atoms. The molecule has 0 bridgehead atoms. The normalized spacial score (nSPS) is 27.9. The van der Waals surface area contributed by atoms with E-state index in [0.29, 0.717) is 17.4 Å². The van der Waals surface area contributed by atoms with Crippen molar-refractivity contribution in [2.24, 2.45) is 11.3 Å². The molecule has 1 N–H and O–H groups in total. The van der Waals surface area contributed by atoms with Gasteiger partial charge in [0, 0.05) is 12.0 Å². The van der Waals surface area contributed by atoms with E-state index < -0.39 is 0 Å². The molecule has 3 rings (SSSR count). The van der Waals surface area contributed by atoms with Crippen LogP contribution in [0.15, 0.2) is 48.6 Å². The fraction of sp³-hybridized carbons (Fsp3) is 0.545. The standard InChI is InChI=1S/C22H31NO.ClH/c1-22(14-4-3-5-15-22)16-13-18-9-11-20(12-10-18)24-17-19-7-6-8-21(19)23-2;/h3-5,9-12,14,19,21,23H,6-8,13,15-17H2,1-2H3;1H. The van der Waals surface area contributed by atoms with Crippen molar-refractivity contribution < 1.29 is 4.74 Å². The van der Waals surface area contributed by atoms with Gasteiger partial charge in [0.2, 0.25) is 0 Å². The van der Waals surface area contributed by atoms with Gasteiger partial charge in [-0.1, -0.05) is 49.8 Å². The quantitative estimate of drug-likeness (QED) is 0.708. The van der Waals surface area contributed by atoms with Gasteiger partial charge in [-0.25, -0.2) is 0 Å². The van der Waals surface area contributed by atoms with E-state index in [4.69, 9.17) is 4.74 Å². The molecule has 25 heavy (non-hydrogen) atoms. The molecule has 138 valence electrons. The highest BCUT2D eigenvalue weighted by Crippen LogP contribution is 2.32. The molecule has 2 aliphatic carbocycles. The number of aryl methyl sites for hydroxylation is 1. The number of allylic oxidation sites excluding steroid dienone is 4.